The van der Waals surface area contributed by atoms with Crippen LogP contribution < -0.4 is 10.9 Å². The average molecular weight is 625 g/mol. The maximum absolute atomic E-state index is 14.9. The summed E-state index contributed by atoms with van der Waals surface area (Å²) in [5.74, 6) is -0.363. The number of pyridine rings is 1. The summed E-state index contributed by atoms with van der Waals surface area (Å²) >= 11 is 6.23. The maximum Gasteiger partial charge on any atom is 0.271 e. The van der Waals surface area contributed by atoms with E-state index in [1.807, 2.05) is 31.2 Å². The summed E-state index contributed by atoms with van der Waals surface area (Å²) in [5, 5.41) is 4.22. The van der Waals surface area contributed by atoms with Crippen LogP contribution in [0.15, 0.2) is 118 Å². The first-order chi connectivity index (χ1) is 21.3. The first kappa shape index (κ1) is 29.9. The third kappa shape index (κ3) is 5.70. The molecular weight excluding hydrogens is 592 g/mol. The highest BCUT2D eigenvalue weighted by Gasteiger charge is 2.34. The number of nitrogens with one attached hydrogen (secondary N) is 1. The molecule has 0 saturated heterocycles. The number of rotatable bonds is 7. The molecule has 4 aromatic carbocycles. The molecule has 1 aliphatic carbocycles. The third-order valence-corrected chi connectivity index (χ3v) is 10.4. The second-order valence-corrected chi connectivity index (χ2v) is 13.7. The van der Waals surface area contributed by atoms with E-state index in [1.54, 1.807) is 66.7 Å². The summed E-state index contributed by atoms with van der Waals surface area (Å²) in [4.78, 5) is 28.8. The summed E-state index contributed by atoms with van der Waals surface area (Å²) in [5.41, 5.74) is 2.02. The summed E-state index contributed by atoms with van der Waals surface area (Å²) in [6.07, 6.45) is 4.87. The van der Waals surface area contributed by atoms with E-state index in [0.717, 1.165) is 37.7 Å². The molecular formula is C36H33ClN2O4S. The number of hydrogen-bond acceptors (Lipinski definition) is 4. The first-order valence-corrected chi connectivity index (χ1v) is 16.7. The van der Waals surface area contributed by atoms with Crippen molar-refractivity contribution in [2.75, 3.05) is 0 Å². The molecule has 6 nitrogen and oxygen atoms in total. The number of aryl methyl sites for hydroxylation is 1. The van der Waals surface area contributed by atoms with Crippen molar-refractivity contribution in [3.05, 3.63) is 130 Å². The zero-order chi connectivity index (χ0) is 30.8. The second-order valence-electron chi connectivity index (χ2n) is 11.4. The predicted molar refractivity (Wildman–Crippen MR) is 175 cm³/mol. The summed E-state index contributed by atoms with van der Waals surface area (Å²) in [6, 6.07) is 28.3. The molecule has 224 valence electrons. The molecule has 44 heavy (non-hydrogen) atoms. The Kier molecular flexibility index (Phi) is 8.43. The Hall–Kier alpha value is -4.20. The van der Waals surface area contributed by atoms with Crippen LogP contribution in [0.25, 0.3) is 22.0 Å². The number of para-hydroxylation sites is 1. The maximum atomic E-state index is 14.9. The van der Waals surface area contributed by atoms with E-state index in [2.05, 4.69) is 5.32 Å². The molecule has 1 amide bonds. The molecule has 5 aromatic rings. The Morgan fingerprint density at radius 1 is 0.841 bits per heavy atom. The lowest BCUT2D eigenvalue weighted by molar-refractivity contribution is -0.124. The fourth-order valence-electron chi connectivity index (χ4n) is 6.17. The van der Waals surface area contributed by atoms with E-state index in [0.29, 0.717) is 32.6 Å². The summed E-state index contributed by atoms with van der Waals surface area (Å²) in [6.45, 7) is 1.87. The number of fused-ring (bicyclic) bond motifs is 1. The summed E-state index contributed by atoms with van der Waals surface area (Å²) in [7, 11) is -4.34. The largest absolute Gasteiger partial charge is 0.351 e. The number of benzene rings is 4. The monoisotopic (exact) mass is 624 g/mol. The Labute approximate surface area is 262 Å². The molecule has 1 N–H and O–H groups in total. The third-order valence-electron chi connectivity index (χ3n) is 8.38. The molecule has 1 unspecified atom stereocenters. The van der Waals surface area contributed by atoms with Crippen molar-refractivity contribution in [2.24, 2.45) is 0 Å². The number of sulfone groups is 1. The normalized spacial score (nSPS) is 14.8. The van der Waals surface area contributed by atoms with Crippen molar-refractivity contribution in [3.63, 3.8) is 0 Å². The van der Waals surface area contributed by atoms with E-state index >= 15 is 0 Å². The summed E-state index contributed by atoms with van der Waals surface area (Å²) < 4.78 is 30.4. The van der Waals surface area contributed by atoms with Crippen molar-refractivity contribution in [1.29, 1.82) is 0 Å². The number of amides is 1. The molecule has 1 atom stereocenters. The molecule has 1 saturated carbocycles. The number of aromatic nitrogens is 1. The van der Waals surface area contributed by atoms with Gasteiger partial charge in [0.25, 0.3) is 5.56 Å². The number of halogens is 1. The van der Waals surface area contributed by atoms with E-state index in [1.165, 1.54) is 16.7 Å². The number of carbonyl (C=O) groups excluding carboxylic acids is 1. The Balaban J connectivity index is 1.69. The van der Waals surface area contributed by atoms with Crippen LogP contribution in [0.2, 0.25) is 5.02 Å². The van der Waals surface area contributed by atoms with Crippen molar-refractivity contribution in [2.45, 2.75) is 60.9 Å². The van der Waals surface area contributed by atoms with Gasteiger partial charge in [-0.15, -0.1) is 0 Å². The topological polar surface area (TPSA) is 85.2 Å². The van der Waals surface area contributed by atoms with Crippen molar-refractivity contribution < 1.29 is 13.2 Å². The van der Waals surface area contributed by atoms with Gasteiger partial charge in [0.2, 0.25) is 15.7 Å². The van der Waals surface area contributed by atoms with Crippen LogP contribution in [0.3, 0.4) is 0 Å². The van der Waals surface area contributed by atoms with Gasteiger partial charge >= 0.3 is 0 Å². The lowest BCUT2D eigenvalue weighted by Gasteiger charge is -2.28. The van der Waals surface area contributed by atoms with Gasteiger partial charge in [-0.05, 0) is 61.2 Å². The lowest BCUT2D eigenvalue weighted by atomic mass is 9.94. The van der Waals surface area contributed by atoms with Gasteiger partial charge in [-0.25, -0.2) is 8.42 Å². The molecule has 0 bridgehead atoms. The molecule has 1 aromatic heterocycles. The van der Waals surface area contributed by atoms with Crippen LogP contribution in [0.5, 0.6) is 0 Å². The predicted octanol–water partition coefficient (Wildman–Crippen LogP) is 7.50. The molecule has 6 rings (SSSR count). The van der Waals surface area contributed by atoms with Gasteiger partial charge < -0.3 is 5.32 Å². The minimum absolute atomic E-state index is 0.00825. The van der Waals surface area contributed by atoms with Crippen molar-refractivity contribution in [1.82, 2.24) is 9.88 Å². The van der Waals surface area contributed by atoms with Gasteiger partial charge in [0.1, 0.15) is 10.9 Å². The highest BCUT2D eigenvalue weighted by molar-refractivity contribution is 7.91. The van der Waals surface area contributed by atoms with Gasteiger partial charge in [-0.2, -0.15) is 0 Å². The molecule has 0 radical (unpaired) electrons. The van der Waals surface area contributed by atoms with Gasteiger partial charge in [0.05, 0.1) is 10.4 Å². The van der Waals surface area contributed by atoms with Crippen molar-refractivity contribution >= 4 is 38.2 Å². The van der Waals surface area contributed by atoms with Crippen LogP contribution in [0.4, 0.5) is 0 Å². The Morgan fingerprint density at radius 2 is 1.48 bits per heavy atom. The van der Waals surface area contributed by atoms with Crippen LogP contribution in [0, 0.1) is 6.92 Å². The van der Waals surface area contributed by atoms with E-state index < -0.39 is 21.4 Å². The number of hydrogen-bond donors (Lipinski definition) is 1. The first-order valence-electron chi connectivity index (χ1n) is 14.9. The fraction of sp³-hybridized carbons (Fsp3) is 0.222. The molecule has 0 aliphatic heterocycles. The zero-order valence-electron chi connectivity index (χ0n) is 24.4. The minimum atomic E-state index is -4.34. The fourth-order valence-corrected chi connectivity index (χ4v) is 7.85. The highest BCUT2D eigenvalue weighted by atomic mass is 35.5. The minimum Gasteiger partial charge on any atom is -0.351 e. The van der Waals surface area contributed by atoms with Gasteiger partial charge in [0.15, 0.2) is 0 Å². The molecule has 1 aliphatic rings. The highest BCUT2D eigenvalue weighted by Crippen LogP contribution is 2.37. The molecule has 0 spiro atoms. The second kappa shape index (κ2) is 12.4. The van der Waals surface area contributed by atoms with E-state index in [9.17, 15) is 18.0 Å². The van der Waals surface area contributed by atoms with Crippen LogP contribution in [-0.4, -0.2) is 24.9 Å². The average Bonchev–Trinajstić information content (AvgIpc) is 3.03. The quantitative estimate of drug-likeness (QED) is 0.203. The van der Waals surface area contributed by atoms with Gasteiger partial charge in [-0.1, -0.05) is 109 Å². The lowest BCUT2D eigenvalue weighted by Crippen LogP contribution is -2.44. The zero-order valence-corrected chi connectivity index (χ0v) is 25.9. The number of carbonyl (C=O) groups is 1. The Bertz CT molecular complexity index is 1980. The molecule has 1 heterocycles. The van der Waals surface area contributed by atoms with Crippen molar-refractivity contribution in [3.8, 4) is 11.1 Å². The Morgan fingerprint density at radius 3 is 2.16 bits per heavy atom. The van der Waals surface area contributed by atoms with Crippen LogP contribution in [-0.2, 0) is 14.6 Å². The van der Waals surface area contributed by atoms with E-state index in [4.69, 9.17) is 11.6 Å². The molecule has 1 fully saturated rings. The van der Waals surface area contributed by atoms with Crippen LogP contribution in [0.1, 0.15) is 49.3 Å². The smallest absolute Gasteiger partial charge is 0.271 e. The SMILES string of the molecule is Cc1ccc(S(=O)(=O)c2c(-c3ccccc3)c3ccccc3n(C(C(=O)NC3CCCCC3)c3ccc(Cl)cc3)c2=O)cc1. The van der Waals surface area contributed by atoms with Gasteiger partial charge in [0, 0.05) is 22.0 Å². The standard InChI is InChI=1S/C36H33ClN2O4S/c1-24-16-22-29(23-17-24)44(42,43)34-32(25-10-4-2-5-11-25)30-14-8-9-15-31(30)39(36(34)41)33(26-18-20-27(37)21-19-26)35(40)38-28-12-6-3-7-13-28/h2,4-5,8-11,14-23,28,33H,3,6-7,12-13H2,1H3,(H,38,40). The number of nitrogens with zero attached hydrogens (tertiary/aromatic N) is 1. The van der Waals surface area contributed by atoms with Crippen LogP contribution >= 0.6 is 11.6 Å². The van der Waals surface area contributed by atoms with Gasteiger partial charge in [-0.3, -0.25) is 14.2 Å². The van der Waals surface area contributed by atoms with E-state index in [-0.39, 0.29) is 21.7 Å². The molecule has 8 heteroatoms.